The number of hydroxylamine groups is 1. The molecule has 198 valence electrons. The molecule has 0 unspecified atom stereocenters. The van der Waals surface area contributed by atoms with Gasteiger partial charge in [-0.1, -0.05) is 29.8 Å². The van der Waals surface area contributed by atoms with Gasteiger partial charge >= 0.3 is 0 Å². The SMILES string of the molecule is COc1ccc2ncc(Cl)c([C@H](F)CCC3(C(=O)NO)CCN(CCCSc4ccccc4)CC3)c2c1. The van der Waals surface area contributed by atoms with E-state index in [4.69, 9.17) is 16.3 Å². The molecule has 1 aromatic heterocycles. The Morgan fingerprint density at radius 1 is 1.27 bits per heavy atom. The molecule has 1 aliphatic rings. The number of rotatable bonds is 11. The van der Waals surface area contributed by atoms with Crippen LogP contribution in [0.5, 0.6) is 5.75 Å². The molecule has 1 saturated heterocycles. The molecule has 2 N–H and O–H groups in total. The van der Waals surface area contributed by atoms with E-state index in [1.807, 2.05) is 35.4 Å². The highest BCUT2D eigenvalue weighted by Gasteiger charge is 2.41. The number of nitrogens with zero attached hydrogens (tertiary/aromatic N) is 2. The number of piperidine rings is 1. The topological polar surface area (TPSA) is 74.7 Å². The Bertz CT molecular complexity index is 1190. The number of pyridine rings is 1. The number of nitrogens with one attached hydrogen (secondary N) is 1. The molecule has 0 spiro atoms. The first-order valence-corrected chi connectivity index (χ1v) is 13.9. The summed E-state index contributed by atoms with van der Waals surface area (Å²) in [5.41, 5.74) is 2.02. The molecule has 3 aromatic rings. The van der Waals surface area contributed by atoms with E-state index in [0.29, 0.717) is 41.5 Å². The van der Waals surface area contributed by atoms with Crippen LogP contribution in [0.2, 0.25) is 5.02 Å². The largest absolute Gasteiger partial charge is 0.497 e. The second-order valence-electron chi connectivity index (χ2n) is 9.49. The molecule has 1 aliphatic heterocycles. The number of likely N-dealkylation sites (tertiary alicyclic amines) is 1. The number of halogens is 2. The van der Waals surface area contributed by atoms with Gasteiger partial charge in [-0.05, 0) is 87.8 Å². The van der Waals surface area contributed by atoms with E-state index in [1.165, 1.54) is 11.1 Å². The maximum Gasteiger partial charge on any atom is 0.249 e. The Morgan fingerprint density at radius 3 is 2.73 bits per heavy atom. The van der Waals surface area contributed by atoms with Crippen LogP contribution in [0.4, 0.5) is 4.39 Å². The smallest absolute Gasteiger partial charge is 0.249 e. The lowest BCUT2D eigenvalue weighted by Gasteiger charge is -2.40. The molecular formula is C28H33ClFN3O3S. The maximum atomic E-state index is 15.7. The number of benzene rings is 2. The number of thioether (sulfide) groups is 1. The minimum Gasteiger partial charge on any atom is -0.497 e. The summed E-state index contributed by atoms with van der Waals surface area (Å²) in [6, 6.07) is 15.6. The van der Waals surface area contributed by atoms with Gasteiger partial charge in [-0.15, -0.1) is 11.8 Å². The van der Waals surface area contributed by atoms with Crippen LogP contribution in [0.25, 0.3) is 10.9 Å². The molecule has 1 amide bonds. The number of carbonyl (C=O) groups is 1. The molecule has 2 aromatic carbocycles. The molecule has 0 radical (unpaired) electrons. The van der Waals surface area contributed by atoms with Gasteiger partial charge in [-0.25, -0.2) is 9.87 Å². The molecule has 0 saturated carbocycles. The Labute approximate surface area is 226 Å². The second-order valence-corrected chi connectivity index (χ2v) is 11.1. The summed E-state index contributed by atoms with van der Waals surface area (Å²) in [7, 11) is 1.55. The number of methoxy groups -OCH3 is 1. The van der Waals surface area contributed by atoms with E-state index in [0.717, 1.165) is 31.8 Å². The number of fused-ring (bicyclic) bond motifs is 1. The van der Waals surface area contributed by atoms with Crippen LogP contribution in [0, 0.1) is 5.41 Å². The fourth-order valence-electron chi connectivity index (χ4n) is 5.07. The Hall–Kier alpha value is -2.39. The molecule has 37 heavy (non-hydrogen) atoms. The van der Waals surface area contributed by atoms with Crippen molar-refractivity contribution in [2.75, 3.05) is 32.5 Å². The van der Waals surface area contributed by atoms with Crippen LogP contribution in [-0.4, -0.2) is 53.5 Å². The summed E-state index contributed by atoms with van der Waals surface area (Å²) in [4.78, 5) is 20.7. The molecule has 2 heterocycles. The quantitative estimate of drug-likeness (QED) is 0.125. The van der Waals surface area contributed by atoms with E-state index in [9.17, 15) is 10.0 Å². The van der Waals surface area contributed by atoms with Crippen molar-refractivity contribution in [3.63, 3.8) is 0 Å². The van der Waals surface area contributed by atoms with Crippen LogP contribution in [0.1, 0.15) is 43.8 Å². The predicted octanol–water partition coefficient (Wildman–Crippen LogP) is 6.46. The number of aromatic nitrogens is 1. The highest BCUT2D eigenvalue weighted by molar-refractivity contribution is 7.99. The van der Waals surface area contributed by atoms with Gasteiger partial charge in [-0.2, -0.15) is 0 Å². The summed E-state index contributed by atoms with van der Waals surface area (Å²) in [6.07, 6.45) is 2.67. The molecule has 0 aliphatic carbocycles. The highest BCUT2D eigenvalue weighted by atomic mass is 35.5. The number of alkyl halides is 1. The van der Waals surface area contributed by atoms with Gasteiger partial charge in [0.05, 0.1) is 23.1 Å². The van der Waals surface area contributed by atoms with Crippen molar-refractivity contribution >= 4 is 40.2 Å². The fraction of sp³-hybridized carbons (Fsp3) is 0.429. The van der Waals surface area contributed by atoms with E-state index in [1.54, 1.807) is 25.3 Å². The average Bonchev–Trinajstić information content (AvgIpc) is 2.94. The van der Waals surface area contributed by atoms with Crippen molar-refractivity contribution in [1.29, 1.82) is 0 Å². The summed E-state index contributed by atoms with van der Waals surface area (Å²) in [5, 5.41) is 10.3. The minimum atomic E-state index is -1.39. The van der Waals surface area contributed by atoms with E-state index >= 15 is 4.39 Å². The van der Waals surface area contributed by atoms with E-state index in [2.05, 4.69) is 22.0 Å². The monoisotopic (exact) mass is 545 g/mol. The van der Waals surface area contributed by atoms with Crippen LogP contribution >= 0.6 is 23.4 Å². The van der Waals surface area contributed by atoms with Gasteiger partial charge in [0.1, 0.15) is 11.9 Å². The third kappa shape index (κ3) is 6.74. The lowest BCUT2D eigenvalue weighted by atomic mass is 9.73. The number of amides is 1. The number of ether oxygens (including phenoxy) is 1. The Balaban J connectivity index is 1.36. The summed E-state index contributed by atoms with van der Waals surface area (Å²) < 4.78 is 21.0. The lowest BCUT2D eigenvalue weighted by molar-refractivity contribution is -0.143. The van der Waals surface area contributed by atoms with E-state index < -0.39 is 17.5 Å². The number of hydrogen-bond donors (Lipinski definition) is 2. The van der Waals surface area contributed by atoms with Gasteiger partial charge in [0, 0.05) is 22.0 Å². The maximum absolute atomic E-state index is 15.7. The summed E-state index contributed by atoms with van der Waals surface area (Å²) in [6.45, 7) is 2.41. The normalized spacial score (nSPS) is 16.4. The molecule has 9 heteroatoms. The zero-order chi connectivity index (χ0) is 26.3. The first-order valence-electron chi connectivity index (χ1n) is 12.6. The second kappa shape index (κ2) is 12.9. The Morgan fingerprint density at radius 2 is 2.03 bits per heavy atom. The average molecular weight is 546 g/mol. The van der Waals surface area contributed by atoms with Crippen molar-refractivity contribution in [3.8, 4) is 5.75 Å². The van der Waals surface area contributed by atoms with Crippen LogP contribution < -0.4 is 10.2 Å². The predicted molar refractivity (Wildman–Crippen MR) is 146 cm³/mol. The molecule has 6 nitrogen and oxygen atoms in total. The fourth-order valence-corrected chi connectivity index (χ4v) is 6.20. The zero-order valence-electron chi connectivity index (χ0n) is 21.0. The summed E-state index contributed by atoms with van der Waals surface area (Å²) >= 11 is 8.23. The standard InChI is InChI=1S/C28H33ClFN3O3S/c1-36-20-8-9-25-22(18-20)26(23(29)19-31-25)24(30)10-11-28(27(34)32-35)12-15-33(16-13-28)14-5-17-37-21-6-3-2-4-7-21/h2-4,6-9,18-19,24,35H,5,10-17H2,1H3,(H,32,34)/t24-/m1/s1. The van der Waals surface area contributed by atoms with Gasteiger partial charge in [0.15, 0.2) is 0 Å². The number of hydrogen-bond acceptors (Lipinski definition) is 6. The van der Waals surface area contributed by atoms with Crippen LogP contribution in [0.15, 0.2) is 59.6 Å². The first kappa shape index (κ1) is 27.6. The van der Waals surface area contributed by atoms with Crippen molar-refractivity contribution in [3.05, 3.63) is 65.3 Å². The van der Waals surface area contributed by atoms with Crippen molar-refractivity contribution < 1.29 is 19.1 Å². The molecule has 1 fully saturated rings. The first-order chi connectivity index (χ1) is 18.0. The number of carbonyl (C=O) groups excluding carboxylic acids is 1. The molecule has 4 rings (SSSR count). The van der Waals surface area contributed by atoms with Crippen molar-refractivity contribution in [1.82, 2.24) is 15.4 Å². The van der Waals surface area contributed by atoms with Crippen LogP contribution in [-0.2, 0) is 4.79 Å². The van der Waals surface area contributed by atoms with Crippen LogP contribution in [0.3, 0.4) is 0 Å². The van der Waals surface area contributed by atoms with Gasteiger partial charge in [0.25, 0.3) is 0 Å². The lowest BCUT2D eigenvalue weighted by Crippen LogP contribution is -2.48. The van der Waals surface area contributed by atoms with Crippen molar-refractivity contribution in [2.45, 2.75) is 43.2 Å². The Kier molecular flexibility index (Phi) is 9.65. The zero-order valence-corrected chi connectivity index (χ0v) is 22.5. The van der Waals surface area contributed by atoms with Crippen molar-refractivity contribution in [2.24, 2.45) is 5.41 Å². The third-order valence-electron chi connectivity index (χ3n) is 7.28. The third-order valence-corrected chi connectivity index (χ3v) is 8.68. The van der Waals surface area contributed by atoms with Gasteiger partial charge < -0.3 is 9.64 Å². The minimum absolute atomic E-state index is 0.108. The molecular weight excluding hydrogens is 513 g/mol. The summed E-state index contributed by atoms with van der Waals surface area (Å²) in [5.74, 6) is 1.18. The van der Waals surface area contributed by atoms with Gasteiger partial charge in [0.2, 0.25) is 5.91 Å². The molecule has 1 atom stereocenters. The highest BCUT2D eigenvalue weighted by Crippen LogP contribution is 2.42. The van der Waals surface area contributed by atoms with E-state index in [-0.39, 0.29) is 11.4 Å². The molecule has 0 bridgehead atoms. The van der Waals surface area contributed by atoms with Gasteiger partial charge in [-0.3, -0.25) is 15.0 Å².